The van der Waals surface area contributed by atoms with Gasteiger partial charge in [-0.3, -0.25) is 5.32 Å². The number of hydrogen-bond donors (Lipinski definition) is 3. The molecule has 0 atom stereocenters. The summed E-state index contributed by atoms with van der Waals surface area (Å²) in [6.45, 7) is 5.41. The Morgan fingerprint density at radius 3 is 2.87 bits per heavy atom. The SMILES string of the molecule is CSc1sc(N=CNC(=O)OC(C)(C)C)cc1-c1csc(Nc2cccc(CO)c2)n1. The number of aliphatic hydroxyl groups is 1. The normalized spacial score (nSPS) is 11.6. The molecule has 7 nitrogen and oxygen atoms in total. The van der Waals surface area contributed by atoms with E-state index in [1.807, 2.05) is 42.0 Å². The number of ether oxygens (including phenoxy) is 1. The van der Waals surface area contributed by atoms with Crippen molar-refractivity contribution in [2.75, 3.05) is 11.6 Å². The minimum atomic E-state index is -0.560. The molecule has 2 heterocycles. The molecule has 1 amide bonds. The molecule has 0 spiro atoms. The van der Waals surface area contributed by atoms with Crippen LogP contribution in [0, 0.1) is 0 Å². The number of alkyl carbamates (subject to hydrolysis) is 1. The van der Waals surface area contributed by atoms with Gasteiger partial charge in [-0.15, -0.1) is 34.4 Å². The van der Waals surface area contributed by atoms with Crippen LogP contribution in [-0.4, -0.2) is 34.4 Å². The molecule has 0 unspecified atom stereocenters. The topological polar surface area (TPSA) is 95.8 Å². The fourth-order valence-corrected chi connectivity index (χ4v) is 4.99. The van der Waals surface area contributed by atoms with Crippen LogP contribution < -0.4 is 10.6 Å². The zero-order valence-electron chi connectivity index (χ0n) is 17.6. The number of carbonyl (C=O) groups is 1. The highest BCUT2D eigenvalue weighted by Gasteiger charge is 2.16. The highest BCUT2D eigenvalue weighted by atomic mass is 32.2. The second kappa shape index (κ2) is 10.3. The Morgan fingerprint density at radius 2 is 2.16 bits per heavy atom. The second-order valence-corrected chi connectivity index (χ2v) is 10.4. The number of rotatable bonds is 7. The van der Waals surface area contributed by atoms with Crippen LogP contribution >= 0.6 is 34.4 Å². The highest BCUT2D eigenvalue weighted by Crippen LogP contribution is 2.42. The first kappa shape index (κ1) is 23.3. The van der Waals surface area contributed by atoms with Crippen molar-refractivity contribution < 1.29 is 14.6 Å². The predicted molar refractivity (Wildman–Crippen MR) is 130 cm³/mol. The summed E-state index contributed by atoms with van der Waals surface area (Å²) in [6, 6.07) is 9.54. The molecule has 3 N–H and O–H groups in total. The number of amides is 1. The van der Waals surface area contributed by atoms with Gasteiger partial charge in [-0.05, 0) is 50.8 Å². The first-order valence-electron chi connectivity index (χ1n) is 9.40. The molecule has 0 aliphatic heterocycles. The molecule has 0 fully saturated rings. The maximum absolute atomic E-state index is 11.7. The van der Waals surface area contributed by atoms with Gasteiger partial charge in [0.1, 0.15) is 10.6 Å². The van der Waals surface area contributed by atoms with Crippen LogP contribution in [0.3, 0.4) is 0 Å². The average molecular weight is 477 g/mol. The van der Waals surface area contributed by atoms with Crippen LogP contribution in [0.15, 0.2) is 44.9 Å². The number of carbonyl (C=O) groups excluding carboxylic acids is 1. The van der Waals surface area contributed by atoms with E-state index < -0.39 is 11.7 Å². The lowest BCUT2D eigenvalue weighted by molar-refractivity contribution is 0.0565. The van der Waals surface area contributed by atoms with Crippen LogP contribution in [0.25, 0.3) is 11.3 Å². The van der Waals surface area contributed by atoms with Gasteiger partial charge in [0.05, 0.1) is 22.8 Å². The molecule has 0 aliphatic rings. The van der Waals surface area contributed by atoms with Crippen molar-refractivity contribution in [3.8, 4) is 11.3 Å². The number of thiazole rings is 1. The van der Waals surface area contributed by atoms with Gasteiger partial charge in [0.2, 0.25) is 0 Å². The molecule has 0 saturated heterocycles. The molecule has 0 saturated carbocycles. The minimum absolute atomic E-state index is 0.00327. The number of hydrogen-bond acceptors (Lipinski definition) is 9. The first-order chi connectivity index (χ1) is 14.8. The van der Waals surface area contributed by atoms with Gasteiger partial charge in [0.25, 0.3) is 0 Å². The number of thiophene rings is 1. The van der Waals surface area contributed by atoms with E-state index in [9.17, 15) is 9.90 Å². The summed E-state index contributed by atoms with van der Waals surface area (Å²) in [4.78, 5) is 20.8. The first-order valence-corrected chi connectivity index (χ1v) is 12.3. The maximum Gasteiger partial charge on any atom is 0.412 e. The fourth-order valence-electron chi connectivity index (χ4n) is 2.54. The zero-order valence-corrected chi connectivity index (χ0v) is 20.1. The molecule has 2 aromatic heterocycles. The smallest absolute Gasteiger partial charge is 0.412 e. The summed E-state index contributed by atoms with van der Waals surface area (Å²) < 4.78 is 6.28. The van der Waals surface area contributed by atoms with Gasteiger partial charge in [-0.2, -0.15) is 0 Å². The number of nitrogens with one attached hydrogen (secondary N) is 2. The highest BCUT2D eigenvalue weighted by molar-refractivity contribution is 8.00. The van der Waals surface area contributed by atoms with E-state index >= 15 is 0 Å². The van der Waals surface area contributed by atoms with Crippen molar-refractivity contribution in [1.29, 1.82) is 0 Å². The number of nitrogens with zero attached hydrogens (tertiary/aromatic N) is 2. The van der Waals surface area contributed by atoms with Crippen molar-refractivity contribution in [3.05, 3.63) is 41.3 Å². The summed E-state index contributed by atoms with van der Waals surface area (Å²) in [5.74, 6) is 0. The molecule has 3 rings (SSSR count). The Kier molecular flexibility index (Phi) is 7.71. The average Bonchev–Trinajstić information content (AvgIpc) is 3.33. The van der Waals surface area contributed by atoms with Gasteiger partial charge in [0.15, 0.2) is 5.13 Å². The molecule has 1 aromatic carbocycles. The Morgan fingerprint density at radius 1 is 1.35 bits per heavy atom. The van der Waals surface area contributed by atoms with E-state index in [-0.39, 0.29) is 6.61 Å². The van der Waals surface area contributed by atoms with Crippen molar-refractivity contribution in [3.63, 3.8) is 0 Å². The Hall–Kier alpha value is -2.40. The molecule has 0 bridgehead atoms. The van der Waals surface area contributed by atoms with Crippen molar-refractivity contribution in [1.82, 2.24) is 10.3 Å². The number of aliphatic hydroxyl groups excluding tert-OH is 1. The van der Waals surface area contributed by atoms with Crippen LogP contribution in [0.2, 0.25) is 0 Å². The molecule has 0 aliphatic carbocycles. The van der Waals surface area contributed by atoms with Gasteiger partial charge in [0, 0.05) is 16.6 Å². The molecular weight excluding hydrogens is 452 g/mol. The lowest BCUT2D eigenvalue weighted by Gasteiger charge is -2.18. The molecule has 31 heavy (non-hydrogen) atoms. The van der Waals surface area contributed by atoms with Gasteiger partial charge < -0.3 is 15.2 Å². The van der Waals surface area contributed by atoms with Gasteiger partial charge >= 0.3 is 6.09 Å². The van der Waals surface area contributed by atoms with E-state index in [4.69, 9.17) is 9.72 Å². The number of aliphatic imine (C=N–C) groups is 1. The molecule has 0 radical (unpaired) electrons. The summed E-state index contributed by atoms with van der Waals surface area (Å²) >= 11 is 4.66. The third kappa shape index (κ3) is 6.79. The summed E-state index contributed by atoms with van der Waals surface area (Å²) in [6.07, 6.45) is 2.81. The van der Waals surface area contributed by atoms with E-state index in [1.54, 1.807) is 32.5 Å². The fraction of sp³-hybridized carbons (Fsp3) is 0.286. The number of benzene rings is 1. The van der Waals surface area contributed by atoms with E-state index in [0.29, 0.717) is 0 Å². The largest absolute Gasteiger partial charge is 0.444 e. The van der Waals surface area contributed by atoms with E-state index in [1.165, 1.54) is 29.0 Å². The van der Waals surface area contributed by atoms with E-state index in [0.717, 1.165) is 36.9 Å². The second-order valence-electron chi connectivity index (χ2n) is 7.42. The number of aromatic nitrogens is 1. The molecule has 10 heteroatoms. The standard InChI is InChI=1S/C21H24N4O3S3/c1-21(2,3)28-20(27)23-12-22-17-9-15(18(29-4)31-17)16-11-30-19(25-16)24-14-7-5-6-13(8-14)10-26/h5-9,11-12,26H,10H2,1-4H3,(H,24,25)(H,22,23,27). The van der Waals surface area contributed by atoms with Crippen molar-refractivity contribution >= 4 is 62.7 Å². The molecule has 164 valence electrons. The summed E-state index contributed by atoms with van der Waals surface area (Å²) in [5.41, 5.74) is 3.01. The lowest BCUT2D eigenvalue weighted by Crippen LogP contribution is -2.31. The predicted octanol–water partition coefficient (Wildman–Crippen LogP) is 6.01. The maximum atomic E-state index is 11.7. The quantitative estimate of drug-likeness (QED) is 0.219. The van der Waals surface area contributed by atoms with E-state index in [2.05, 4.69) is 15.6 Å². The van der Waals surface area contributed by atoms with Crippen LogP contribution in [0.5, 0.6) is 0 Å². The van der Waals surface area contributed by atoms with Crippen molar-refractivity contribution in [2.45, 2.75) is 37.2 Å². The minimum Gasteiger partial charge on any atom is -0.444 e. The van der Waals surface area contributed by atoms with Gasteiger partial charge in [-0.25, -0.2) is 14.8 Å². The third-order valence-electron chi connectivity index (χ3n) is 3.78. The van der Waals surface area contributed by atoms with Crippen LogP contribution in [0.1, 0.15) is 26.3 Å². The number of anilines is 2. The molecule has 3 aromatic rings. The Balaban J connectivity index is 1.71. The Bertz CT molecular complexity index is 1070. The van der Waals surface area contributed by atoms with Crippen LogP contribution in [0.4, 0.5) is 20.6 Å². The van der Waals surface area contributed by atoms with Crippen molar-refractivity contribution in [2.24, 2.45) is 4.99 Å². The zero-order chi connectivity index (χ0) is 22.4. The van der Waals surface area contributed by atoms with Crippen LogP contribution in [-0.2, 0) is 11.3 Å². The third-order valence-corrected chi connectivity index (χ3v) is 6.72. The lowest BCUT2D eigenvalue weighted by atomic mass is 10.2. The summed E-state index contributed by atoms with van der Waals surface area (Å²) in [5, 5.41) is 18.6. The summed E-state index contributed by atoms with van der Waals surface area (Å²) in [7, 11) is 0. The monoisotopic (exact) mass is 476 g/mol. The number of thioether (sulfide) groups is 1. The van der Waals surface area contributed by atoms with Gasteiger partial charge in [-0.1, -0.05) is 12.1 Å². The Labute approximate surface area is 193 Å². The molecular formula is C21H24N4O3S3.